The van der Waals surface area contributed by atoms with Crippen LogP contribution in [0.1, 0.15) is 31.2 Å². The van der Waals surface area contributed by atoms with E-state index in [0.29, 0.717) is 11.5 Å². The lowest BCUT2D eigenvalue weighted by atomic mass is 10.2. The van der Waals surface area contributed by atoms with Crippen molar-refractivity contribution in [3.8, 4) is 6.07 Å². The molecule has 2 rings (SSSR count). The van der Waals surface area contributed by atoms with Crippen LogP contribution in [0.3, 0.4) is 0 Å². The summed E-state index contributed by atoms with van der Waals surface area (Å²) >= 11 is 0. The van der Waals surface area contributed by atoms with E-state index in [9.17, 15) is 0 Å². The van der Waals surface area contributed by atoms with Crippen LogP contribution in [-0.2, 0) is 0 Å². The zero-order valence-electron chi connectivity index (χ0n) is 8.07. The minimum Gasteiger partial charge on any atom is -0.345 e. The molecule has 0 aliphatic heterocycles. The van der Waals surface area contributed by atoms with Crippen molar-refractivity contribution < 1.29 is 0 Å². The number of hydrogen-bond donors (Lipinski definition) is 1. The summed E-state index contributed by atoms with van der Waals surface area (Å²) in [6.07, 6.45) is 3.36. The second kappa shape index (κ2) is 3.11. The fourth-order valence-electron chi connectivity index (χ4n) is 1.29. The average molecular weight is 186 g/mol. The highest BCUT2D eigenvalue weighted by molar-refractivity contribution is 5.81. The zero-order valence-corrected chi connectivity index (χ0v) is 8.07. The fourth-order valence-corrected chi connectivity index (χ4v) is 1.29. The first-order valence-corrected chi connectivity index (χ1v) is 4.46. The molecule has 0 bridgehead atoms. The summed E-state index contributed by atoms with van der Waals surface area (Å²) in [5.74, 6) is 1.09. The van der Waals surface area contributed by atoms with E-state index in [1.54, 1.807) is 12.4 Å². The highest BCUT2D eigenvalue weighted by atomic mass is 14.9. The van der Waals surface area contributed by atoms with E-state index in [2.05, 4.69) is 21.0 Å². The van der Waals surface area contributed by atoms with Gasteiger partial charge < -0.3 is 4.98 Å². The number of H-pyrrole nitrogens is 1. The first kappa shape index (κ1) is 8.70. The van der Waals surface area contributed by atoms with Crippen LogP contribution in [0.2, 0.25) is 0 Å². The fraction of sp³-hybridized carbons (Fsp3) is 0.300. The molecule has 0 unspecified atom stereocenters. The van der Waals surface area contributed by atoms with Crippen LogP contribution in [0.4, 0.5) is 0 Å². The molecule has 14 heavy (non-hydrogen) atoms. The van der Waals surface area contributed by atoms with Gasteiger partial charge in [-0.05, 0) is 0 Å². The van der Waals surface area contributed by atoms with Crippen molar-refractivity contribution in [3.63, 3.8) is 0 Å². The largest absolute Gasteiger partial charge is 0.345 e. The van der Waals surface area contributed by atoms with Crippen molar-refractivity contribution >= 4 is 11.0 Å². The first-order chi connectivity index (χ1) is 6.72. The Morgan fingerprint density at radius 1 is 1.50 bits per heavy atom. The number of nitrogens with one attached hydrogen (secondary N) is 1. The molecule has 0 saturated heterocycles. The van der Waals surface area contributed by atoms with Crippen LogP contribution < -0.4 is 0 Å². The molecular weight excluding hydrogens is 176 g/mol. The summed E-state index contributed by atoms with van der Waals surface area (Å²) in [4.78, 5) is 11.5. The third-order valence-electron chi connectivity index (χ3n) is 2.09. The lowest BCUT2D eigenvalue weighted by molar-refractivity contribution is 0.781. The van der Waals surface area contributed by atoms with Gasteiger partial charge in [-0.1, -0.05) is 13.8 Å². The van der Waals surface area contributed by atoms with Gasteiger partial charge in [-0.25, -0.2) is 9.97 Å². The molecule has 2 aromatic heterocycles. The van der Waals surface area contributed by atoms with Crippen molar-refractivity contribution in [3.05, 3.63) is 23.8 Å². The van der Waals surface area contributed by atoms with Crippen LogP contribution in [0.5, 0.6) is 0 Å². The highest BCUT2D eigenvalue weighted by Crippen LogP contribution is 2.17. The first-order valence-electron chi connectivity index (χ1n) is 4.46. The Bertz CT molecular complexity index is 504. The van der Waals surface area contributed by atoms with Gasteiger partial charge in [-0.2, -0.15) is 5.26 Å². The number of nitrogens with zero attached hydrogens (tertiary/aromatic N) is 3. The number of fused-ring (bicyclic) bond motifs is 1. The summed E-state index contributed by atoms with van der Waals surface area (Å²) in [6, 6.07) is 2.09. The molecule has 0 aromatic carbocycles. The number of rotatable bonds is 1. The molecule has 0 aliphatic rings. The summed E-state index contributed by atoms with van der Waals surface area (Å²) in [6.45, 7) is 4.07. The molecule has 0 fully saturated rings. The van der Waals surface area contributed by atoms with E-state index >= 15 is 0 Å². The van der Waals surface area contributed by atoms with Gasteiger partial charge in [0.05, 0.1) is 10.9 Å². The van der Waals surface area contributed by atoms with Gasteiger partial charge in [0.1, 0.15) is 17.5 Å². The SMILES string of the molecule is CC(C)c1ncc2c(C#N)c[nH]c2n1. The molecule has 0 spiro atoms. The molecule has 0 amide bonds. The van der Waals surface area contributed by atoms with Gasteiger partial charge in [0.15, 0.2) is 0 Å². The summed E-state index contributed by atoms with van der Waals surface area (Å²) in [5, 5.41) is 9.57. The predicted molar refractivity (Wildman–Crippen MR) is 52.7 cm³/mol. The van der Waals surface area contributed by atoms with Crippen molar-refractivity contribution in [2.24, 2.45) is 0 Å². The topological polar surface area (TPSA) is 65.4 Å². The standard InChI is InChI=1S/C10H10N4/c1-6(2)9-13-5-8-7(3-11)4-12-10(8)14-9/h4-6H,1-2H3,(H,12,13,14). The van der Waals surface area contributed by atoms with Crippen LogP contribution in [-0.4, -0.2) is 15.0 Å². The average Bonchev–Trinajstić information content (AvgIpc) is 2.59. The highest BCUT2D eigenvalue weighted by Gasteiger charge is 2.07. The Hall–Kier alpha value is -1.89. The Morgan fingerprint density at radius 2 is 2.29 bits per heavy atom. The zero-order chi connectivity index (χ0) is 10.1. The third-order valence-corrected chi connectivity index (χ3v) is 2.09. The van der Waals surface area contributed by atoms with Crippen LogP contribution in [0.25, 0.3) is 11.0 Å². The maximum Gasteiger partial charge on any atom is 0.142 e. The van der Waals surface area contributed by atoms with Gasteiger partial charge in [0, 0.05) is 18.3 Å². The van der Waals surface area contributed by atoms with Crippen molar-refractivity contribution in [1.29, 1.82) is 5.26 Å². The van der Waals surface area contributed by atoms with Crippen LogP contribution >= 0.6 is 0 Å². The minimum absolute atomic E-state index is 0.299. The molecule has 0 atom stereocenters. The maximum atomic E-state index is 8.78. The van der Waals surface area contributed by atoms with Crippen LogP contribution in [0, 0.1) is 11.3 Å². The van der Waals surface area contributed by atoms with Gasteiger partial charge in [0.25, 0.3) is 0 Å². The van der Waals surface area contributed by atoms with Crippen molar-refractivity contribution in [2.75, 3.05) is 0 Å². The summed E-state index contributed by atoms with van der Waals surface area (Å²) < 4.78 is 0. The Kier molecular flexibility index (Phi) is 1.93. The molecule has 0 radical (unpaired) electrons. The van der Waals surface area contributed by atoms with E-state index in [0.717, 1.165) is 16.9 Å². The van der Waals surface area contributed by atoms with E-state index in [-0.39, 0.29) is 0 Å². The second-order valence-corrected chi connectivity index (χ2v) is 3.46. The molecule has 0 aliphatic carbocycles. The van der Waals surface area contributed by atoms with E-state index in [1.807, 2.05) is 13.8 Å². The molecule has 2 aromatic rings. The van der Waals surface area contributed by atoms with Crippen LogP contribution in [0.15, 0.2) is 12.4 Å². The molecule has 4 nitrogen and oxygen atoms in total. The minimum atomic E-state index is 0.299. The Morgan fingerprint density at radius 3 is 2.93 bits per heavy atom. The smallest absolute Gasteiger partial charge is 0.142 e. The monoisotopic (exact) mass is 186 g/mol. The van der Waals surface area contributed by atoms with E-state index < -0.39 is 0 Å². The summed E-state index contributed by atoms with van der Waals surface area (Å²) in [7, 11) is 0. The molecule has 70 valence electrons. The van der Waals surface area contributed by atoms with Gasteiger partial charge >= 0.3 is 0 Å². The van der Waals surface area contributed by atoms with E-state index in [4.69, 9.17) is 5.26 Å². The molecule has 0 saturated carbocycles. The van der Waals surface area contributed by atoms with E-state index in [1.165, 1.54) is 0 Å². The molecule has 2 heterocycles. The second-order valence-electron chi connectivity index (χ2n) is 3.46. The Balaban J connectivity index is 2.64. The lowest BCUT2D eigenvalue weighted by Gasteiger charge is -2.01. The molecule has 1 N–H and O–H groups in total. The quantitative estimate of drug-likeness (QED) is 0.740. The maximum absolute atomic E-state index is 8.78. The van der Waals surface area contributed by atoms with Gasteiger partial charge in [0.2, 0.25) is 0 Å². The number of aromatic nitrogens is 3. The molecular formula is C10H10N4. The number of hydrogen-bond acceptors (Lipinski definition) is 3. The summed E-state index contributed by atoms with van der Waals surface area (Å²) in [5.41, 5.74) is 1.33. The third kappa shape index (κ3) is 1.23. The number of aromatic amines is 1. The Labute approximate surface area is 81.6 Å². The number of nitriles is 1. The van der Waals surface area contributed by atoms with Gasteiger partial charge in [-0.15, -0.1) is 0 Å². The lowest BCUT2D eigenvalue weighted by Crippen LogP contribution is -1.96. The van der Waals surface area contributed by atoms with Crippen molar-refractivity contribution in [1.82, 2.24) is 15.0 Å². The molecule has 4 heteroatoms. The normalized spacial score (nSPS) is 10.7. The predicted octanol–water partition coefficient (Wildman–Crippen LogP) is 1.95. The van der Waals surface area contributed by atoms with Gasteiger partial charge in [-0.3, -0.25) is 0 Å². The van der Waals surface area contributed by atoms with Crippen molar-refractivity contribution in [2.45, 2.75) is 19.8 Å².